The van der Waals surface area contributed by atoms with Gasteiger partial charge in [-0.1, -0.05) is 13.3 Å². The van der Waals surface area contributed by atoms with Crippen molar-refractivity contribution in [3.05, 3.63) is 23.3 Å². The van der Waals surface area contributed by atoms with Crippen LogP contribution in [0.2, 0.25) is 0 Å². The Morgan fingerprint density at radius 3 is 2.76 bits per heavy atom. The molecule has 3 heterocycles. The first-order valence-electron chi connectivity index (χ1n) is 7.14. The van der Waals surface area contributed by atoms with Crippen LogP contribution in [0.15, 0.2) is 6.07 Å². The van der Waals surface area contributed by atoms with E-state index in [4.69, 9.17) is 0 Å². The van der Waals surface area contributed by atoms with Gasteiger partial charge in [-0.15, -0.1) is 5.10 Å². The van der Waals surface area contributed by atoms with Crippen LogP contribution in [-0.4, -0.2) is 54.2 Å². The SMILES string of the molecule is CCCC1(O)CN(C(=O)c2nc3nc(C)cc(C)n3n2)C1. The average molecular weight is 289 g/mol. The Morgan fingerprint density at radius 2 is 2.10 bits per heavy atom. The van der Waals surface area contributed by atoms with Gasteiger partial charge in [-0.2, -0.15) is 4.98 Å². The minimum Gasteiger partial charge on any atom is -0.386 e. The summed E-state index contributed by atoms with van der Waals surface area (Å²) in [6, 6.07) is 1.89. The molecule has 1 aliphatic heterocycles. The lowest BCUT2D eigenvalue weighted by molar-refractivity contribution is -0.0863. The van der Waals surface area contributed by atoms with Gasteiger partial charge in [0.2, 0.25) is 5.82 Å². The molecule has 2 aromatic heterocycles. The number of nitrogens with zero attached hydrogens (tertiary/aromatic N) is 5. The van der Waals surface area contributed by atoms with E-state index in [2.05, 4.69) is 15.1 Å². The second-order valence-corrected chi connectivity index (χ2v) is 5.82. The Kier molecular flexibility index (Phi) is 3.16. The van der Waals surface area contributed by atoms with Gasteiger partial charge in [0.25, 0.3) is 11.7 Å². The maximum atomic E-state index is 12.3. The van der Waals surface area contributed by atoms with Crippen LogP contribution in [0, 0.1) is 13.8 Å². The minimum absolute atomic E-state index is 0.134. The summed E-state index contributed by atoms with van der Waals surface area (Å²) in [6.07, 6.45) is 1.60. The van der Waals surface area contributed by atoms with E-state index in [0.717, 1.165) is 17.8 Å². The van der Waals surface area contributed by atoms with Crippen molar-refractivity contribution in [3.8, 4) is 0 Å². The fourth-order valence-corrected chi connectivity index (χ4v) is 2.83. The molecule has 0 radical (unpaired) electrons. The van der Waals surface area contributed by atoms with E-state index in [0.29, 0.717) is 25.3 Å². The van der Waals surface area contributed by atoms with Gasteiger partial charge in [-0.05, 0) is 26.3 Å². The molecule has 0 atom stereocenters. The quantitative estimate of drug-likeness (QED) is 0.900. The zero-order valence-corrected chi connectivity index (χ0v) is 12.5. The van der Waals surface area contributed by atoms with Gasteiger partial charge in [-0.3, -0.25) is 4.79 Å². The molecule has 0 saturated carbocycles. The highest BCUT2D eigenvalue weighted by Gasteiger charge is 2.43. The summed E-state index contributed by atoms with van der Waals surface area (Å²) in [6.45, 7) is 6.49. The van der Waals surface area contributed by atoms with E-state index in [1.165, 1.54) is 0 Å². The van der Waals surface area contributed by atoms with E-state index >= 15 is 0 Å². The van der Waals surface area contributed by atoms with E-state index in [1.807, 2.05) is 26.8 Å². The number of hydrogen-bond donors (Lipinski definition) is 1. The number of likely N-dealkylation sites (tertiary alicyclic amines) is 1. The highest BCUT2D eigenvalue weighted by atomic mass is 16.3. The van der Waals surface area contributed by atoms with Crippen LogP contribution in [0.5, 0.6) is 0 Å². The maximum absolute atomic E-state index is 12.3. The van der Waals surface area contributed by atoms with Gasteiger partial charge in [0.15, 0.2) is 0 Å². The molecule has 0 unspecified atom stereocenters. The minimum atomic E-state index is -0.742. The van der Waals surface area contributed by atoms with Crippen LogP contribution in [0.4, 0.5) is 0 Å². The molecule has 1 fully saturated rings. The normalized spacial score (nSPS) is 17.0. The topological polar surface area (TPSA) is 83.6 Å². The lowest BCUT2D eigenvalue weighted by atomic mass is 9.89. The summed E-state index contributed by atoms with van der Waals surface area (Å²) in [5.41, 5.74) is 0.983. The Balaban J connectivity index is 1.82. The highest BCUT2D eigenvalue weighted by Crippen LogP contribution is 2.26. The molecule has 7 heteroatoms. The van der Waals surface area contributed by atoms with Gasteiger partial charge < -0.3 is 10.0 Å². The molecule has 1 amide bonds. The number of carbonyl (C=O) groups is 1. The van der Waals surface area contributed by atoms with E-state index in [-0.39, 0.29) is 11.7 Å². The maximum Gasteiger partial charge on any atom is 0.293 e. The molecule has 1 N–H and O–H groups in total. The molecule has 0 aromatic carbocycles. The third-order valence-corrected chi connectivity index (χ3v) is 3.78. The zero-order chi connectivity index (χ0) is 15.2. The molecule has 0 spiro atoms. The fourth-order valence-electron chi connectivity index (χ4n) is 2.83. The predicted octanol–water partition coefficient (Wildman–Crippen LogP) is 0.728. The van der Waals surface area contributed by atoms with Crippen molar-refractivity contribution >= 4 is 11.7 Å². The van der Waals surface area contributed by atoms with Crippen LogP contribution in [0.3, 0.4) is 0 Å². The Hall–Kier alpha value is -2.02. The summed E-state index contributed by atoms with van der Waals surface area (Å²) in [5.74, 6) is 0.313. The Labute approximate surface area is 122 Å². The zero-order valence-electron chi connectivity index (χ0n) is 12.5. The third-order valence-electron chi connectivity index (χ3n) is 3.78. The van der Waals surface area contributed by atoms with Gasteiger partial charge in [0.1, 0.15) is 0 Å². The molecule has 0 bridgehead atoms. The number of fused-ring (bicyclic) bond motifs is 1. The van der Waals surface area contributed by atoms with Gasteiger partial charge in [-0.25, -0.2) is 9.50 Å². The van der Waals surface area contributed by atoms with E-state index in [1.54, 1.807) is 9.42 Å². The molecule has 0 aliphatic carbocycles. The lowest BCUT2D eigenvalue weighted by Gasteiger charge is -2.46. The largest absolute Gasteiger partial charge is 0.386 e. The smallest absolute Gasteiger partial charge is 0.293 e. The summed E-state index contributed by atoms with van der Waals surface area (Å²) >= 11 is 0. The molecule has 112 valence electrons. The van der Waals surface area contributed by atoms with Crippen molar-refractivity contribution in [1.82, 2.24) is 24.5 Å². The summed E-state index contributed by atoms with van der Waals surface area (Å²) < 4.78 is 1.57. The van der Waals surface area contributed by atoms with Crippen LogP contribution >= 0.6 is 0 Å². The number of rotatable bonds is 3. The second kappa shape index (κ2) is 4.77. The fraction of sp³-hybridized carbons (Fsp3) is 0.571. The van der Waals surface area contributed by atoms with Crippen molar-refractivity contribution in [2.45, 2.75) is 39.2 Å². The summed E-state index contributed by atoms with van der Waals surface area (Å²) in [4.78, 5) is 22.4. The lowest BCUT2D eigenvalue weighted by Crippen LogP contribution is -2.63. The van der Waals surface area contributed by atoms with Gasteiger partial charge >= 0.3 is 0 Å². The average Bonchev–Trinajstić information content (AvgIpc) is 2.79. The molecule has 1 aliphatic rings. The van der Waals surface area contributed by atoms with Crippen molar-refractivity contribution in [1.29, 1.82) is 0 Å². The summed E-state index contributed by atoms with van der Waals surface area (Å²) in [7, 11) is 0. The van der Waals surface area contributed by atoms with Gasteiger partial charge in [0, 0.05) is 11.4 Å². The molecule has 7 nitrogen and oxygen atoms in total. The van der Waals surface area contributed by atoms with Crippen LogP contribution in [0.1, 0.15) is 41.8 Å². The van der Waals surface area contributed by atoms with Crippen LogP contribution < -0.4 is 0 Å². The molecule has 3 rings (SSSR count). The van der Waals surface area contributed by atoms with Crippen molar-refractivity contribution in [3.63, 3.8) is 0 Å². The predicted molar refractivity (Wildman–Crippen MR) is 76.0 cm³/mol. The molecule has 21 heavy (non-hydrogen) atoms. The van der Waals surface area contributed by atoms with Gasteiger partial charge in [0.05, 0.1) is 18.7 Å². The standard InChI is InChI=1S/C14H19N5O2/c1-4-5-14(21)7-18(8-14)12(20)11-16-13-15-9(2)6-10(3)19(13)17-11/h6,21H,4-5,7-8H2,1-3H3. The number of hydrogen-bond acceptors (Lipinski definition) is 5. The van der Waals surface area contributed by atoms with Crippen molar-refractivity contribution in [2.75, 3.05) is 13.1 Å². The first kappa shape index (κ1) is 13.9. The molecule has 2 aromatic rings. The molecule has 1 saturated heterocycles. The second-order valence-electron chi connectivity index (χ2n) is 5.82. The molecular weight excluding hydrogens is 270 g/mol. The highest BCUT2D eigenvalue weighted by molar-refractivity contribution is 5.91. The van der Waals surface area contributed by atoms with Crippen molar-refractivity contribution in [2.24, 2.45) is 0 Å². The monoisotopic (exact) mass is 289 g/mol. The van der Waals surface area contributed by atoms with E-state index in [9.17, 15) is 9.90 Å². The summed E-state index contributed by atoms with van der Waals surface area (Å²) in [5, 5.41) is 14.4. The number of amides is 1. The Morgan fingerprint density at radius 1 is 1.38 bits per heavy atom. The first-order chi connectivity index (χ1) is 9.92. The Bertz CT molecular complexity index is 703. The molecular formula is C14H19N5O2. The number of β-amino-alcohol motifs (C(OH)–C–C–N with tert-alkyl or cyclic N) is 1. The van der Waals surface area contributed by atoms with Crippen molar-refractivity contribution < 1.29 is 9.90 Å². The number of carbonyl (C=O) groups excluding carboxylic acids is 1. The van der Waals surface area contributed by atoms with Crippen LogP contribution in [0.25, 0.3) is 5.78 Å². The van der Waals surface area contributed by atoms with Crippen LogP contribution in [-0.2, 0) is 0 Å². The number of aliphatic hydroxyl groups is 1. The van der Waals surface area contributed by atoms with E-state index < -0.39 is 5.60 Å². The third kappa shape index (κ3) is 2.37. The number of aromatic nitrogens is 4. The first-order valence-corrected chi connectivity index (χ1v) is 7.14. The number of aryl methyl sites for hydroxylation is 2.